The average Bonchev–Trinajstić information content (AvgIpc) is 3.06. The van der Waals surface area contributed by atoms with E-state index in [0.717, 1.165) is 88.7 Å². The summed E-state index contributed by atoms with van der Waals surface area (Å²) in [5, 5.41) is 10.3. The van der Waals surface area contributed by atoms with Crippen molar-refractivity contribution in [3.63, 3.8) is 0 Å². The van der Waals surface area contributed by atoms with Crippen molar-refractivity contribution in [3.05, 3.63) is 77.0 Å². The van der Waals surface area contributed by atoms with Gasteiger partial charge in [0.25, 0.3) is 0 Å². The highest BCUT2D eigenvalue weighted by molar-refractivity contribution is 5.72. The maximum atomic E-state index is 15.4. The molecule has 1 amide bonds. The van der Waals surface area contributed by atoms with Crippen LogP contribution in [-0.4, -0.2) is 108 Å². The Kier molecular flexibility index (Phi) is 10.2. The number of allylic oxidation sites excluding steroid dienone is 1. The number of hydrogen-bond acceptors (Lipinski definition) is 10. The first-order valence-corrected chi connectivity index (χ1v) is 17.3. The van der Waals surface area contributed by atoms with Crippen LogP contribution in [0.15, 0.2) is 60.1 Å². The molecule has 0 unspecified atom stereocenters. The predicted molar refractivity (Wildman–Crippen MR) is 186 cm³/mol. The molecule has 5 N–H and O–H groups in total. The Hall–Kier alpha value is -4.16. The van der Waals surface area contributed by atoms with Crippen molar-refractivity contribution in [1.82, 2.24) is 30.5 Å². The van der Waals surface area contributed by atoms with E-state index >= 15 is 4.39 Å². The number of hydrogen-bond donors (Lipinski definition) is 4. The number of rotatable bonds is 7. The van der Waals surface area contributed by atoms with E-state index < -0.39 is 5.60 Å². The number of halogens is 1. The third kappa shape index (κ3) is 8.27. The van der Waals surface area contributed by atoms with E-state index in [9.17, 15) is 9.90 Å². The van der Waals surface area contributed by atoms with Gasteiger partial charge >= 0.3 is 6.09 Å². The van der Waals surface area contributed by atoms with Gasteiger partial charge in [0, 0.05) is 84.1 Å². The van der Waals surface area contributed by atoms with Crippen LogP contribution < -0.4 is 21.5 Å². The van der Waals surface area contributed by atoms with Gasteiger partial charge in [-0.1, -0.05) is 18.2 Å². The van der Waals surface area contributed by atoms with E-state index in [-0.39, 0.29) is 17.7 Å². The second-order valence-electron chi connectivity index (χ2n) is 14.4. The number of benzene rings is 2. The van der Waals surface area contributed by atoms with E-state index in [2.05, 4.69) is 36.5 Å². The first-order chi connectivity index (χ1) is 23.0. The number of piperazine rings is 2. The molecule has 0 bridgehead atoms. The van der Waals surface area contributed by atoms with Gasteiger partial charge in [-0.15, -0.1) is 0 Å². The van der Waals surface area contributed by atoms with E-state index in [1.807, 2.05) is 49.9 Å². The molecule has 3 saturated heterocycles. The molecule has 2 aromatic rings. The van der Waals surface area contributed by atoms with Crippen LogP contribution in [0.5, 0.6) is 5.75 Å². The second kappa shape index (κ2) is 14.5. The lowest BCUT2D eigenvalue weighted by atomic mass is 9.95. The van der Waals surface area contributed by atoms with Crippen molar-refractivity contribution in [3.8, 4) is 5.75 Å². The van der Waals surface area contributed by atoms with E-state index in [0.29, 0.717) is 42.6 Å². The summed E-state index contributed by atoms with van der Waals surface area (Å²) in [6.07, 6.45) is 3.82. The Bertz CT molecular complexity index is 1500. The Balaban J connectivity index is 0.946. The molecule has 48 heavy (non-hydrogen) atoms. The van der Waals surface area contributed by atoms with Crippen LogP contribution in [0.2, 0.25) is 0 Å². The van der Waals surface area contributed by atoms with E-state index in [1.165, 1.54) is 0 Å². The van der Waals surface area contributed by atoms with Gasteiger partial charge in [0.05, 0.1) is 17.1 Å². The van der Waals surface area contributed by atoms with Crippen LogP contribution in [0.1, 0.15) is 44.7 Å². The Morgan fingerprint density at radius 3 is 2.27 bits per heavy atom. The zero-order chi connectivity index (χ0) is 33.8. The number of nitrogens with zero attached hydrogens (tertiary/aromatic N) is 5. The van der Waals surface area contributed by atoms with Gasteiger partial charge in [-0.2, -0.15) is 0 Å². The lowest BCUT2D eigenvalue weighted by Crippen LogP contribution is -2.51. The molecule has 4 aliphatic heterocycles. The van der Waals surface area contributed by atoms with Gasteiger partial charge in [0.2, 0.25) is 0 Å². The topological polar surface area (TPSA) is 113 Å². The molecule has 3 fully saturated rings. The minimum absolute atomic E-state index is 0.150. The average molecular weight is 663 g/mol. The molecular weight excluding hydrogens is 611 g/mol. The molecule has 4 aliphatic rings. The number of para-hydroxylation sites is 1. The summed E-state index contributed by atoms with van der Waals surface area (Å²) in [6, 6.07) is 12.9. The third-order valence-corrected chi connectivity index (χ3v) is 9.71. The molecule has 0 radical (unpaired) electrons. The summed E-state index contributed by atoms with van der Waals surface area (Å²) in [5.74, 6) is 1.18. The van der Waals surface area contributed by atoms with E-state index in [4.69, 9.17) is 10.5 Å². The number of carbonyl (C=O) groups is 1. The number of piperidine rings is 1. The van der Waals surface area contributed by atoms with Gasteiger partial charge in [-0.25, -0.2) is 9.18 Å². The summed E-state index contributed by atoms with van der Waals surface area (Å²) in [7, 11) is 0. The molecule has 2 aromatic carbocycles. The van der Waals surface area contributed by atoms with Crippen LogP contribution in [-0.2, 0) is 11.3 Å². The SMILES string of the molecule is CC(C)(C)OC(=O)N1CCN(CC2CCN(c3ccc(CN4CCN(C5=C(N)NNC(c6ccccc6O)=C5)CC4)cc3F)CC2)CC1. The first kappa shape index (κ1) is 33.7. The number of ether oxygens (including phenoxy) is 1. The predicted octanol–water partition coefficient (Wildman–Crippen LogP) is 3.69. The summed E-state index contributed by atoms with van der Waals surface area (Å²) in [5.41, 5.74) is 16.0. The molecule has 0 atom stereocenters. The highest BCUT2D eigenvalue weighted by Crippen LogP contribution is 2.29. The molecule has 12 heteroatoms. The molecule has 4 heterocycles. The molecule has 0 aliphatic carbocycles. The van der Waals surface area contributed by atoms with Gasteiger partial charge in [-0.3, -0.25) is 20.7 Å². The lowest BCUT2D eigenvalue weighted by Gasteiger charge is -2.39. The summed E-state index contributed by atoms with van der Waals surface area (Å²) < 4.78 is 21.0. The third-order valence-electron chi connectivity index (χ3n) is 9.71. The molecule has 0 aromatic heterocycles. The summed E-state index contributed by atoms with van der Waals surface area (Å²) >= 11 is 0. The summed E-state index contributed by atoms with van der Waals surface area (Å²) in [6.45, 7) is 15.5. The number of aromatic hydroxyl groups is 1. The molecule has 0 spiro atoms. The largest absolute Gasteiger partial charge is 0.507 e. The number of amides is 1. The Morgan fingerprint density at radius 1 is 0.917 bits per heavy atom. The molecule has 11 nitrogen and oxygen atoms in total. The van der Waals surface area contributed by atoms with Crippen LogP contribution in [0, 0.1) is 11.7 Å². The van der Waals surface area contributed by atoms with Gasteiger partial charge in [0.15, 0.2) is 0 Å². The number of carbonyl (C=O) groups excluding carboxylic acids is 1. The van der Waals surface area contributed by atoms with Crippen LogP contribution >= 0.6 is 0 Å². The standard InChI is InChI=1S/C36H51FN8O3/c1-36(2,3)48-35(47)45-20-16-41(17-21-45)24-26-10-12-43(13-11-26)31-9-8-27(22-29(31)37)25-42-14-18-44(19-15-42)32-23-30(39-40-34(32)38)28-6-4-5-7-33(28)46/h4-9,22-23,26,39-40,46H,10-21,24-25,38H2,1-3H3. The minimum Gasteiger partial charge on any atom is -0.507 e. The molecule has 260 valence electrons. The van der Waals surface area contributed by atoms with Crippen molar-refractivity contribution in [2.45, 2.75) is 45.8 Å². The normalized spacial score (nSPS) is 20.3. The van der Waals surface area contributed by atoms with Crippen molar-refractivity contribution < 1.29 is 19.0 Å². The van der Waals surface area contributed by atoms with Gasteiger partial charge in [-0.05, 0) is 75.4 Å². The first-order valence-electron chi connectivity index (χ1n) is 17.3. The fourth-order valence-electron chi connectivity index (χ4n) is 7.03. The molecular formula is C36H51FN8O3. The smallest absolute Gasteiger partial charge is 0.410 e. The molecule has 0 saturated carbocycles. The molecule has 6 rings (SSSR count). The van der Waals surface area contributed by atoms with Crippen LogP contribution in [0.4, 0.5) is 14.9 Å². The highest BCUT2D eigenvalue weighted by atomic mass is 19.1. The Labute approximate surface area is 283 Å². The van der Waals surface area contributed by atoms with Crippen molar-refractivity contribution in [2.75, 3.05) is 76.9 Å². The van der Waals surface area contributed by atoms with Crippen molar-refractivity contribution >= 4 is 17.5 Å². The zero-order valence-corrected chi connectivity index (χ0v) is 28.6. The number of nitrogens with two attached hydrogens (primary N) is 1. The quantitative estimate of drug-likeness (QED) is 0.350. The highest BCUT2D eigenvalue weighted by Gasteiger charge is 2.29. The minimum atomic E-state index is -0.475. The Morgan fingerprint density at radius 2 is 1.60 bits per heavy atom. The maximum Gasteiger partial charge on any atom is 0.410 e. The zero-order valence-electron chi connectivity index (χ0n) is 28.6. The lowest BCUT2D eigenvalue weighted by molar-refractivity contribution is 0.0130. The van der Waals surface area contributed by atoms with Crippen LogP contribution in [0.3, 0.4) is 0 Å². The number of nitrogens with one attached hydrogen (secondary N) is 2. The van der Waals surface area contributed by atoms with Crippen molar-refractivity contribution in [1.29, 1.82) is 0 Å². The number of phenols is 1. The number of anilines is 1. The number of hydrazine groups is 1. The summed E-state index contributed by atoms with van der Waals surface area (Å²) in [4.78, 5) is 23.4. The maximum absolute atomic E-state index is 15.4. The van der Waals surface area contributed by atoms with Crippen molar-refractivity contribution in [2.24, 2.45) is 11.7 Å². The van der Waals surface area contributed by atoms with Crippen LogP contribution in [0.25, 0.3) is 5.70 Å². The van der Waals surface area contributed by atoms with Gasteiger partial charge < -0.3 is 30.3 Å². The monoisotopic (exact) mass is 662 g/mol. The fraction of sp³-hybridized carbons (Fsp3) is 0.528. The van der Waals surface area contributed by atoms with E-state index in [1.54, 1.807) is 18.2 Å². The number of phenolic OH excluding ortho intramolecular Hbond substituents is 1. The van der Waals surface area contributed by atoms with Gasteiger partial charge in [0.1, 0.15) is 23.0 Å². The second-order valence-corrected chi connectivity index (χ2v) is 14.4. The fourth-order valence-corrected chi connectivity index (χ4v) is 7.03.